The molecule has 0 spiro atoms. The number of hydrogen-bond acceptors (Lipinski definition) is 3. The molecule has 1 aromatic rings. The van der Waals surface area contributed by atoms with Crippen molar-refractivity contribution in [2.24, 2.45) is 11.8 Å². The van der Waals surface area contributed by atoms with Crippen molar-refractivity contribution in [3.05, 3.63) is 29.8 Å². The number of hydrogen-bond donors (Lipinski definition) is 2. The van der Waals surface area contributed by atoms with Gasteiger partial charge >= 0.3 is 5.97 Å². The van der Waals surface area contributed by atoms with E-state index in [-0.39, 0.29) is 18.2 Å². The van der Waals surface area contributed by atoms with E-state index in [0.29, 0.717) is 6.42 Å². The molecule has 2 unspecified atom stereocenters. The van der Waals surface area contributed by atoms with Gasteiger partial charge in [0.25, 0.3) is 5.91 Å². The number of nitrogens with one attached hydrogen (secondary N) is 1. The smallest absolute Gasteiger partial charge is 0.306 e. The monoisotopic (exact) mass is 266 g/mol. The van der Waals surface area contributed by atoms with Crippen LogP contribution < -0.4 is 5.32 Å². The van der Waals surface area contributed by atoms with Crippen LogP contribution in [0.4, 0.5) is 4.39 Å². The minimum atomic E-state index is -0.819. The molecule has 0 radical (unpaired) electrons. The first-order valence-corrected chi connectivity index (χ1v) is 6.21. The van der Waals surface area contributed by atoms with Gasteiger partial charge in [-0.15, -0.1) is 0 Å². The number of carboxylic acid groups (broad SMARTS) is 1. The Hall–Kier alpha value is -1.98. The van der Waals surface area contributed by atoms with E-state index in [1.165, 1.54) is 12.1 Å². The molecule has 2 N–H and O–H groups in total. The third-order valence-corrected chi connectivity index (χ3v) is 3.45. The maximum atomic E-state index is 12.9. The minimum absolute atomic E-state index is 0.00451. The lowest BCUT2D eigenvalue weighted by atomic mass is 9.96. The number of halogens is 1. The van der Waals surface area contributed by atoms with Crippen LogP contribution in [0.3, 0.4) is 0 Å². The molecule has 6 heteroatoms. The van der Waals surface area contributed by atoms with Gasteiger partial charge in [0, 0.05) is 6.54 Å². The van der Waals surface area contributed by atoms with E-state index in [4.69, 9.17) is 5.11 Å². The van der Waals surface area contributed by atoms with Crippen molar-refractivity contribution in [3.63, 3.8) is 0 Å². The van der Waals surface area contributed by atoms with Crippen molar-refractivity contribution in [2.75, 3.05) is 6.54 Å². The van der Waals surface area contributed by atoms with Gasteiger partial charge in [0.15, 0.2) is 0 Å². The SMILES string of the molecule is O=C(NCC1CCCC1C(=O)O)c1cccc(F)n1. The number of carboxylic acids is 1. The summed E-state index contributed by atoms with van der Waals surface area (Å²) in [5.74, 6) is -2.47. The molecule has 2 atom stereocenters. The van der Waals surface area contributed by atoms with E-state index in [1.54, 1.807) is 0 Å². The van der Waals surface area contributed by atoms with Gasteiger partial charge < -0.3 is 10.4 Å². The average Bonchev–Trinajstić information content (AvgIpc) is 2.84. The van der Waals surface area contributed by atoms with Crippen LogP contribution in [0.2, 0.25) is 0 Å². The fourth-order valence-electron chi connectivity index (χ4n) is 2.46. The number of carbonyl (C=O) groups excluding carboxylic acids is 1. The number of amides is 1. The molecule has 1 aliphatic rings. The fraction of sp³-hybridized carbons (Fsp3) is 0.462. The average molecular weight is 266 g/mol. The van der Waals surface area contributed by atoms with Crippen molar-refractivity contribution in [1.82, 2.24) is 10.3 Å². The Morgan fingerprint density at radius 1 is 1.42 bits per heavy atom. The quantitative estimate of drug-likeness (QED) is 0.808. The molecule has 0 saturated heterocycles. The third kappa shape index (κ3) is 3.27. The highest BCUT2D eigenvalue weighted by molar-refractivity contribution is 5.92. The van der Waals surface area contributed by atoms with Crippen molar-refractivity contribution in [2.45, 2.75) is 19.3 Å². The second-order valence-electron chi connectivity index (χ2n) is 4.69. The Bertz CT molecular complexity index is 493. The van der Waals surface area contributed by atoms with E-state index >= 15 is 0 Å². The summed E-state index contributed by atoms with van der Waals surface area (Å²) in [6.45, 7) is 0.286. The van der Waals surface area contributed by atoms with E-state index in [9.17, 15) is 14.0 Å². The Labute approximate surface area is 109 Å². The zero-order chi connectivity index (χ0) is 13.8. The molecular weight excluding hydrogens is 251 g/mol. The predicted molar refractivity (Wildman–Crippen MR) is 65.0 cm³/mol. The van der Waals surface area contributed by atoms with E-state index in [0.717, 1.165) is 18.9 Å². The number of pyridine rings is 1. The number of carbonyl (C=O) groups is 2. The predicted octanol–water partition coefficient (Wildman–Crippen LogP) is 1.45. The molecule has 19 heavy (non-hydrogen) atoms. The van der Waals surface area contributed by atoms with Crippen molar-refractivity contribution in [1.29, 1.82) is 0 Å². The van der Waals surface area contributed by atoms with Crippen molar-refractivity contribution in [3.8, 4) is 0 Å². The fourth-order valence-corrected chi connectivity index (χ4v) is 2.46. The van der Waals surface area contributed by atoms with Crippen LogP contribution in [0.25, 0.3) is 0 Å². The summed E-state index contributed by atoms with van der Waals surface area (Å²) in [5.41, 5.74) is 0.00451. The Morgan fingerprint density at radius 2 is 2.21 bits per heavy atom. The number of aliphatic carboxylic acids is 1. The summed E-state index contributed by atoms with van der Waals surface area (Å²) < 4.78 is 12.9. The normalized spacial score (nSPS) is 22.2. The second-order valence-corrected chi connectivity index (χ2v) is 4.69. The van der Waals surface area contributed by atoms with E-state index < -0.39 is 23.7 Å². The molecule has 1 amide bonds. The van der Waals surface area contributed by atoms with Crippen molar-refractivity contribution < 1.29 is 19.1 Å². The standard InChI is InChI=1S/C13H15FN2O3/c14-11-6-2-5-10(16-11)12(17)15-7-8-3-1-4-9(8)13(18)19/h2,5-6,8-9H,1,3-4,7H2,(H,15,17)(H,18,19). The largest absolute Gasteiger partial charge is 0.481 e. The summed E-state index contributed by atoms with van der Waals surface area (Å²) in [7, 11) is 0. The molecule has 0 aromatic carbocycles. The second kappa shape index (κ2) is 5.77. The van der Waals surface area contributed by atoms with Crippen LogP contribution in [-0.2, 0) is 4.79 Å². The van der Waals surface area contributed by atoms with E-state index in [2.05, 4.69) is 10.3 Å². The first-order chi connectivity index (χ1) is 9.08. The molecule has 0 bridgehead atoms. The minimum Gasteiger partial charge on any atom is -0.481 e. The van der Waals surface area contributed by atoms with Crippen LogP contribution in [0.5, 0.6) is 0 Å². The highest BCUT2D eigenvalue weighted by Crippen LogP contribution is 2.31. The molecule has 0 aliphatic heterocycles. The molecule has 102 valence electrons. The number of nitrogens with zero attached hydrogens (tertiary/aromatic N) is 1. The number of aromatic nitrogens is 1. The van der Waals surface area contributed by atoms with Crippen LogP contribution in [0, 0.1) is 17.8 Å². The lowest BCUT2D eigenvalue weighted by Crippen LogP contribution is -2.33. The van der Waals surface area contributed by atoms with Gasteiger partial charge in [-0.1, -0.05) is 12.5 Å². The Morgan fingerprint density at radius 3 is 2.89 bits per heavy atom. The van der Waals surface area contributed by atoms with Crippen LogP contribution >= 0.6 is 0 Å². The van der Waals surface area contributed by atoms with Gasteiger partial charge in [-0.3, -0.25) is 9.59 Å². The molecule has 1 aliphatic carbocycles. The molecule has 1 heterocycles. The van der Waals surface area contributed by atoms with Gasteiger partial charge in [-0.25, -0.2) is 4.98 Å². The van der Waals surface area contributed by atoms with Gasteiger partial charge in [0.2, 0.25) is 5.95 Å². The van der Waals surface area contributed by atoms with Gasteiger partial charge in [-0.05, 0) is 30.9 Å². The summed E-state index contributed by atoms with van der Waals surface area (Å²) in [6.07, 6.45) is 2.29. The summed E-state index contributed by atoms with van der Waals surface area (Å²) in [6, 6.07) is 3.99. The van der Waals surface area contributed by atoms with Gasteiger partial charge in [0.05, 0.1) is 5.92 Å². The highest BCUT2D eigenvalue weighted by atomic mass is 19.1. The topological polar surface area (TPSA) is 79.3 Å². The maximum absolute atomic E-state index is 12.9. The lowest BCUT2D eigenvalue weighted by molar-refractivity contribution is -0.142. The maximum Gasteiger partial charge on any atom is 0.306 e. The van der Waals surface area contributed by atoms with Crippen LogP contribution in [0.1, 0.15) is 29.8 Å². The molecular formula is C13H15FN2O3. The van der Waals surface area contributed by atoms with E-state index in [1.807, 2.05) is 0 Å². The first kappa shape index (κ1) is 13.5. The highest BCUT2D eigenvalue weighted by Gasteiger charge is 2.32. The summed E-state index contributed by atoms with van der Waals surface area (Å²) in [5, 5.41) is 11.6. The Kier molecular flexibility index (Phi) is 4.09. The molecule has 1 fully saturated rings. The molecule has 1 aromatic heterocycles. The Balaban J connectivity index is 1.92. The first-order valence-electron chi connectivity index (χ1n) is 6.21. The van der Waals surface area contributed by atoms with Gasteiger partial charge in [-0.2, -0.15) is 4.39 Å². The lowest BCUT2D eigenvalue weighted by Gasteiger charge is -2.16. The molecule has 2 rings (SSSR count). The molecule has 5 nitrogen and oxygen atoms in total. The van der Waals surface area contributed by atoms with Crippen LogP contribution in [0.15, 0.2) is 18.2 Å². The zero-order valence-electron chi connectivity index (χ0n) is 10.3. The summed E-state index contributed by atoms with van der Waals surface area (Å²) in [4.78, 5) is 26.2. The van der Waals surface area contributed by atoms with Crippen LogP contribution in [-0.4, -0.2) is 28.5 Å². The molecule has 1 saturated carbocycles. The van der Waals surface area contributed by atoms with Gasteiger partial charge in [0.1, 0.15) is 5.69 Å². The number of rotatable bonds is 4. The third-order valence-electron chi connectivity index (χ3n) is 3.45. The zero-order valence-corrected chi connectivity index (χ0v) is 10.3. The van der Waals surface area contributed by atoms with Crippen molar-refractivity contribution >= 4 is 11.9 Å². The summed E-state index contributed by atoms with van der Waals surface area (Å²) >= 11 is 0.